The van der Waals surface area contributed by atoms with Crippen molar-refractivity contribution in [3.05, 3.63) is 11.1 Å². The average molecular weight is 350 g/mol. The lowest BCUT2D eigenvalue weighted by Gasteiger charge is -2.55. The minimum atomic E-state index is -1.17. The molecular weight excluding hydrogens is 320 g/mol. The molecule has 1 N–H and O–H groups in total. The van der Waals surface area contributed by atoms with Crippen molar-refractivity contribution >= 4 is 11.8 Å². The van der Waals surface area contributed by atoms with Crippen molar-refractivity contribution in [2.75, 3.05) is 0 Å². The minimum absolute atomic E-state index is 0.112. The van der Waals surface area contributed by atoms with Gasteiger partial charge < -0.3 is 14.6 Å². The summed E-state index contributed by atoms with van der Waals surface area (Å²) in [7, 11) is 0. The summed E-state index contributed by atoms with van der Waals surface area (Å²) in [6.45, 7) is 11.3. The molecule has 5 nitrogen and oxygen atoms in total. The highest BCUT2D eigenvalue weighted by Crippen LogP contribution is 2.55. The predicted octanol–water partition coefficient (Wildman–Crippen LogP) is 2.94. The van der Waals surface area contributed by atoms with Crippen LogP contribution in [0.3, 0.4) is 0 Å². The van der Waals surface area contributed by atoms with Gasteiger partial charge in [0.15, 0.2) is 11.4 Å². The van der Waals surface area contributed by atoms with E-state index in [1.54, 1.807) is 13.8 Å². The van der Waals surface area contributed by atoms with Crippen molar-refractivity contribution in [2.45, 2.75) is 90.6 Å². The van der Waals surface area contributed by atoms with Gasteiger partial charge in [0.2, 0.25) is 0 Å². The van der Waals surface area contributed by atoms with E-state index in [0.29, 0.717) is 19.3 Å². The highest BCUT2D eigenvalue weighted by atomic mass is 16.7. The fourth-order valence-electron chi connectivity index (χ4n) is 4.77. The van der Waals surface area contributed by atoms with E-state index in [9.17, 15) is 14.7 Å². The van der Waals surface area contributed by atoms with Crippen LogP contribution in [0.4, 0.5) is 0 Å². The minimum Gasteiger partial charge on any atom is -0.457 e. The lowest BCUT2D eigenvalue weighted by molar-refractivity contribution is -0.202. The second kappa shape index (κ2) is 5.65. The Labute approximate surface area is 149 Å². The van der Waals surface area contributed by atoms with E-state index in [0.717, 1.165) is 17.6 Å². The zero-order chi connectivity index (χ0) is 18.8. The van der Waals surface area contributed by atoms with Gasteiger partial charge in [-0.25, -0.2) is 4.79 Å². The number of ketones is 1. The second-order valence-electron chi connectivity index (χ2n) is 9.01. The van der Waals surface area contributed by atoms with Gasteiger partial charge >= 0.3 is 5.97 Å². The summed E-state index contributed by atoms with van der Waals surface area (Å²) in [5, 5.41) is 11.3. The van der Waals surface area contributed by atoms with E-state index in [4.69, 9.17) is 9.47 Å². The monoisotopic (exact) mass is 350 g/mol. The summed E-state index contributed by atoms with van der Waals surface area (Å²) in [6, 6.07) is 0. The zero-order valence-corrected chi connectivity index (χ0v) is 16.1. The van der Waals surface area contributed by atoms with E-state index in [1.807, 2.05) is 20.8 Å². The fourth-order valence-corrected chi connectivity index (χ4v) is 4.77. The molecule has 0 radical (unpaired) electrons. The number of epoxide rings is 1. The molecule has 0 spiro atoms. The van der Waals surface area contributed by atoms with E-state index in [1.165, 1.54) is 0 Å². The number of esters is 1. The van der Waals surface area contributed by atoms with Crippen molar-refractivity contribution in [1.29, 1.82) is 0 Å². The Morgan fingerprint density at radius 1 is 1.28 bits per heavy atom. The fraction of sp³-hybridized carbons (Fsp3) is 0.800. The van der Waals surface area contributed by atoms with Crippen molar-refractivity contribution in [2.24, 2.45) is 11.3 Å². The Morgan fingerprint density at radius 2 is 1.88 bits per heavy atom. The highest BCUT2D eigenvalue weighted by Gasteiger charge is 2.61. The third kappa shape index (κ3) is 2.85. The standard InChI is InChI=1S/C20H30O5/c1-11(2)13-9-15-18(4,10-14(13)21)8-7-16(19(15,5)23)24-17(22)20(6)12(3)25-20/h12,15-16,23H,7-10H2,1-6H3/t12-,15+,16-,18-,19+,20-/m1/s1. The first-order valence-corrected chi connectivity index (χ1v) is 9.22. The van der Waals surface area contributed by atoms with Crippen LogP contribution in [-0.2, 0) is 19.1 Å². The van der Waals surface area contributed by atoms with Crippen LogP contribution in [0.2, 0.25) is 0 Å². The van der Waals surface area contributed by atoms with Crippen LogP contribution in [0.5, 0.6) is 0 Å². The summed E-state index contributed by atoms with van der Waals surface area (Å²) >= 11 is 0. The maximum Gasteiger partial charge on any atom is 0.341 e. The lowest BCUT2D eigenvalue weighted by Crippen LogP contribution is -2.60. The molecule has 3 fully saturated rings. The predicted molar refractivity (Wildman–Crippen MR) is 92.9 cm³/mol. The van der Waals surface area contributed by atoms with Gasteiger partial charge in [0.25, 0.3) is 0 Å². The third-order valence-corrected chi connectivity index (χ3v) is 6.88. The Balaban J connectivity index is 1.84. The van der Waals surface area contributed by atoms with Gasteiger partial charge in [0.1, 0.15) is 11.7 Å². The molecule has 5 heteroatoms. The Morgan fingerprint density at radius 3 is 2.40 bits per heavy atom. The van der Waals surface area contributed by atoms with Gasteiger partial charge in [-0.3, -0.25) is 4.79 Å². The Hall–Kier alpha value is -1.20. The second-order valence-corrected chi connectivity index (χ2v) is 9.01. The Bertz CT molecular complexity index is 644. The van der Waals surface area contributed by atoms with Gasteiger partial charge in [-0.15, -0.1) is 0 Å². The van der Waals surface area contributed by atoms with Crippen molar-refractivity contribution in [3.8, 4) is 0 Å². The Kier molecular flexibility index (Phi) is 4.20. The number of Topliss-reactive ketones (excluding diaryl/α,β-unsaturated/α-hetero) is 1. The van der Waals surface area contributed by atoms with E-state index < -0.39 is 23.3 Å². The molecule has 0 bridgehead atoms. The molecule has 25 heavy (non-hydrogen) atoms. The molecular formula is C20H30O5. The summed E-state index contributed by atoms with van der Waals surface area (Å²) in [5.41, 5.74) is -0.478. The zero-order valence-electron chi connectivity index (χ0n) is 16.1. The molecule has 1 aliphatic heterocycles. The van der Waals surface area contributed by atoms with E-state index in [-0.39, 0.29) is 23.2 Å². The number of carbonyl (C=O) groups is 2. The number of carbonyl (C=O) groups excluding carboxylic acids is 2. The van der Waals surface area contributed by atoms with Crippen LogP contribution < -0.4 is 0 Å². The largest absolute Gasteiger partial charge is 0.457 e. The number of fused-ring (bicyclic) bond motifs is 1. The number of hydrogen-bond acceptors (Lipinski definition) is 5. The van der Waals surface area contributed by atoms with Crippen molar-refractivity contribution < 1.29 is 24.2 Å². The molecule has 3 aliphatic rings. The van der Waals surface area contributed by atoms with Gasteiger partial charge in [-0.2, -0.15) is 0 Å². The molecule has 0 unspecified atom stereocenters. The normalized spacial score (nSPS) is 46.4. The van der Waals surface area contributed by atoms with Crippen LogP contribution in [0.15, 0.2) is 11.1 Å². The van der Waals surface area contributed by atoms with Gasteiger partial charge in [-0.05, 0) is 64.9 Å². The first-order chi connectivity index (χ1) is 11.4. The molecule has 0 aromatic carbocycles. The highest BCUT2D eigenvalue weighted by molar-refractivity contribution is 5.97. The van der Waals surface area contributed by atoms with Crippen LogP contribution in [-0.4, -0.2) is 40.3 Å². The van der Waals surface area contributed by atoms with Crippen LogP contribution in [0.25, 0.3) is 0 Å². The molecule has 0 amide bonds. The molecule has 0 aromatic rings. The third-order valence-electron chi connectivity index (χ3n) is 6.88. The molecule has 0 aromatic heterocycles. The molecule has 140 valence electrons. The van der Waals surface area contributed by atoms with E-state index >= 15 is 0 Å². The first kappa shape index (κ1) is 18.6. The van der Waals surface area contributed by atoms with Crippen LogP contribution in [0.1, 0.15) is 67.2 Å². The quantitative estimate of drug-likeness (QED) is 0.471. The topological polar surface area (TPSA) is 76.1 Å². The smallest absolute Gasteiger partial charge is 0.341 e. The number of hydrogen-bond donors (Lipinski definition) is 1. The molecule has 2 saturated carbocycles. The first-order valence-electron chi connectivity index (χ1n) is 9.22. The number of allylic oxidation sites excluding steroid dienone is 2. The molecule has 2 aliphatic carbocycles. The molecule has 1 saturated heterocycles. The molecule has 3 rings (SSSR count). The van der Waals surface area contributed by atoms with Gasteiger partial charge in [0.05, 0.1) is 6.10 Å². The van der Waals surface area contributed by atoms with Gasteiger partial charge in [0, 0.05) is 12.3 Å². The number of rotatable bonds is 2. The lowest BCUT2D eigenvalue weighted by atomic mass is 9.53. The summed E-state index contributed by atoms with van der Waals surface area (Å²) in [4.78, 5) is 24.9. The van der Waals surface area contributed by atoms with Crippen molar-refractivity contribution in [3.63, 3.8) is 0 Å². The van der Waals surface area contributed by atoms with Crippen molar-refractivity contribution in [1.82, 2.24) is 0 Å². The number of aliphatic hydroxyl groups is 1. The summed E-state index contributed by atoms with van der Waals surface area (Å²) in [5.74, 6) is -0.319. The maximum absolute atomic E-state index is 12.5. The van der Waals surface area contributed by atoms with Gasteiger partial charge in [-0.1, -0.05) is 12.5 Å². The molecule has 1 heterocycles. The van der Waals surface area contributed by atoms with E-state index in [2.05, 4.69) is 6.92 Å². The van der Waals surface area contributed by atoms with Crippen LogP contribution in [0, 0.1) is 11.3 Å². The van der Waals surface area contributed by atoms with Crippen LogP contribution >= 0.6 is 0 Å². The SMILES string of the molecule is CC(C)=C1C[C@H]2[C@](C)(CC[C@@H](OC(=O)[C@]3(C)O[C@@H]3C)[C@@]2(C)O)CC1=O. The average Bonchev–Trinajstić information content (AvgIpc) is 3.10. The maximum atomic E-state index is 12.5. The summed E-state index contributed by atoms with van der Waals surface area (Å²) in [6.07, 6.45) is 1.60. The summed E-state index contributed by atoms with van der Waals surface area (Å²) < 4.78 is 11.1. The molecule has 6 atom stereocenters. The number of ether oxygens (including phenoxy) is 2.